The topological polar surface area (TPSA) is 73.3 Å². The first-order valence-electron chi connectivity index (χ1n) is 5.81. The maximum Gasteiger partial charge on any atom is 0.352 e. The molecule has 4 heteroatoms. The van der Waals surface area contributed by atoms with Gasteiger partial charge in [0.05, 0.1) is 0 Å². The zero-order chi connectivity index (χ0) is 13.4. The molecule has 0 fully saturated rings. The predicted octanol–water partition coefficient (Wildman–Crippen LogP) is 3.24. The fourth-order valence-electron chi connectivity index (χ4n) is 2.27. The molecular formula is C15H11NO3. The maximum absolute atomic E-state index is 11.4. The molecule has 1 aromatic heterocycles. The van der Waals surface area contributed by atoms with Crippen LogP contribution in [0, 0.1) is 0 Å². The normalized spacial score (nSPS) is 10.7. The third-order valence-corrected chi connectivity index (χ3v) is 3.09. The van der Waals surface area contributed by atoms with Crippen LogP contribution in [0.15, 0.2) is 48.5 Å². The molecule has 0 saturated carbocycles. The van der Waals surface area contributed by atoms with E-state index in [1.807, 2.05) is 24.3 Å². The summed E-state index contributed by atoms with van der Waals surface area (Å²) >= 11 is 0. The average Bonchev–Trinajstić information content (AvgIpc) is 2.79. The first-order valence-corrected chi connectivity index (χ1v) is 5.81. The van der Waals surface area contributed by atoms with Gasteiger partial charge >= 0.3 is 5.97 Å². The number of aromatic carboxylic acids is 1. The summed E-state index contributed by atoms with van der Waals surface area (Å²) in [5.41, 5.74) is 1.85. The number of hydrogen-bond donors (Lipinski definition) is 3. The Kier molecular flexibility index (Phi) is 2.49. The van der Waals surface area contributed by atoms with Crippen molar-refractivity contribution < 1.29 is 15.0 Å². The van der Waals surface area contributed by atoms with Gasteiger partial charge in [-0.3, -0.25) is 0 Å². The molecule has 0 amide bonds. The van der Waals surface area contributed by atoms with Crippen molar-refractivity contribution in [3.8, 4) is 16.9 Å². The number of phenolic OH excluding ortho intramolecular Hbond substituents is 1. The fraction of sp³-hybridized carbons (Fsp3) is 0. The largest absolute Gasteiger partial charge is 0.507 e. The number of H-pyrrole nitrogens is 1. The van der Waals surface area contributed by atoms with Crippen molar-refractivity contribution >= 4 is 16.9 Å². The van der Waals surface area contributed by atoms with E-state index in [2.05, 4.69) is 4.98 Å². The van der Waals surface area contributed by atoms with Crippen molar-refractivity contribution in [1.29, 1.82) is 0 Å². The Morgan fingerprint density at radius 3 is 2.42 bits per heavy atom. The van der Waals surface area contributed by atoms with E-state index in [-0.39, 0.29) is 11.4 Å². The van der Waals surface area contributed by atoms with Crippen LogP contribution in [0.5, 0.6) is 5.75 Å². The Morgan fingerprint density at radius 2 is 1.68 bits per heavy atom. The summed E-state index contributed by atoms with van der Waals surface area (Å²) in [6.45, 7) is 0. The van der Waals surface area contributed by atoms with Gasteiger partial charge in [0.2, 0.25) is 0 Å². The molecule has 0 atom stereocenters. The van der Waals surface area contributed by atoms with Crippen LogP contribution >= 0.6 is 0 Å². The number of aromatic nitrogens is 1. The molecule has 94 valence electrons. The molecule has 0 radical (unpaired) electrons. The van der Waals surface area contributed by atoms with Gasteiger partial charge in [-0.1, -0.05) is 36.4 Å². The van der Waals surface area contributed by atoms with Crippen molar-refractivity contribution in [2.75, 3.05) is 0 Å². The van der Waals surface area contributed by atoms with Gasteiger partial charge in [-0.25, -0.2) is 4.79 Å². The van der Waals surface area contributed by atoms with Crippen molar-refractivity contribution in [2.24, 2.45) is 0 Å². The molecular weight excluding hydrogens is 242 g/mol. The minimum absolute atomic E-state index is 0.0646. The van der Waals surface area contributed by atoms with Crippen LogP contribution in [-0.4, -0.2) is 21.2 Å². The third kappa shape index (κ3) is 1.74. The highest BCUT2D eigenvalue weighted by molar-refractivity contribution is 6.08. The standard InChI is InChI=1S/C15H11NO3/c17-12-8-4-2-6-10(12)13-9-5-1-3-7-11(9)16-14(13)15(18)19/h1-8,16-17H,(H,18,19). The maximum atomic E-state index is 11.4. The molecule has 1 heterocycles. The van der Waals surface area contributed by atoms with Crippen molar-refractivity contribution in [3.63, 3.8) is 0 Å². The first-order chi connectivity index (χ1) is 9.18. The van der Waals surface area contributed by atoms with Crippen LogP contribution in [0.4, 0.5) is 0 Å². The molecule has 0 bridgehead atoms. The van der Waals surface area contributed by atoms with E-state index in [4.69, 9.17) is 0 Å². The van der Waals surface area contributed by atoms with E-state index < -0.39 is 5.97 Å². The van der Waals surface area contributed by atoms with Crippen LogP contribution in [0.2, 0.25) is 0 Å². The van der Waals surface area contributed by atoms with E-state index in [1.165, 1.54) is 0 Å². The number of fused-ring (bicyclic) bond motifs is 1. The molecule has 0 saturated heterocycles. The van der Waals surface area contributed by atoms with E-state index in [1.54, 1.807) is 24.3 Å². The highest BCUT2D eigenvalue weighted by Gasteiger charge is 2.19. The molecule has 3 N–H and O–H groups in total. The molecule has 0 aliphatic heterocycles. The van der Waals surface area contributed by atoms with Crippen LogP contribution in [0.1, 0.15) is 10.5 Å². The molecule has 19 heavy (non-hydrogen) atoms. The lowest BCUT2D eigenvalue weighted by Gasteiger charge is -2.04. The van der Waals surface area contributed by atoms with Crippen LogP contribution in [-0.2, 0) is 0 Å². The van der Waals surface area contributed by atoms with E-state index in [0.29, 0.717) is 11.1 Å². The number of carboxylic acid groups (broad SMARTS) is 1. The van der Waals surface area contributed by atoms with Gasteiger partial charge < -0.3 is 15.2 Å². The number of rotatable bonds is 2. The van der Waals surface area contributed by atoms with Crippen LogP contribution in [0.25, 0.3) is 22.0 Å². The first kappa shape index (κ1) is 11.3. The van der Waals surface area contributed by atoms with Crippen LogP contribution < -0.4 is 0 Å². The summed E-state index contributed by atoms with van der Waals surface area (Å²) in [4.78, 5) is 14.2. The molecule has 0 unspecified atom stereocenters. The zero-order valence-electron chi connectivity index (χ0n) is 9.92. The Morgan fingerprint density at radius 1 is 1.00 bits per heavy atom. The fourth-order valence-corrected chi connectivity index (χ4v) is 2.27. The predicted molar refractivity (Wildman–Crippen MR) is 72.4 cm³/mol. The van der Waals surface area contributed by atoms with E-state index in [0.717, 1.165) is 10.9 Å². The number of hydrogen-bond acceptors (Lipinski definition) is 2. The second-order valence-electron chi connectivity index (χ2n) is 4.24. The number of phenols is 1. The second-order valence-corrected chi connectivity index (χ2v) is 4.24. The number of aromatic hydroxyl groups is 1. The summed E-state index contributed by atoms with van der Waals surface area (Å²) < 4.78 is 0. The van der Waals surface area contributed by atoms with Gasteiger partial charge in [-0.05, 0) is 12.1 Å². The third-order valence-electron chi connectivity index (χ3n) is 3.09. The number of benzene rings is 2. The number of carbonyl (C=O) groups is 1. The lowest BCUT2D eigenvalue weighted by molar-refractivity contribution is 0.0692. The molecule has 3 rings (SSSR count). The summed E-state index contributed by atoms with van der Waals surface area (Å²) in [5, 5.41) is 20.0. The molecule has 0 aliphatic carbocycles. The minimum Gasteiger partial charge on any atom is -0.507 e. The molecule has 0 aliphatic rings. The van der Waals surface area contributed by atoms with Gasteiger partial charge in [0, 0.05) is 22.0 Å². The minimum atomic E-state index is -1.05. The summed E-state index contributed by atoms with van der Waals surface area (Å²) in [5.74, 6) is -0.982. The highest BCUT2D eigenvalue weighted by Crippen LogP contribution is 2.37. The van der Waals surface area contributed by atoms with Gasteiger partial charge in [0.25, 0.3) is 0 Å². The Hall–Kier alpha value is -2.75. The number of carboxylic acids is 1. The van der Waals surface area contributed by atoms with Gasteiger partial charge in [-0.2, -0.15) is 0 Å². The van der Waals surface area contributed by atoms with Crippen molar-refractivity contribution in [3.05, 3.63) is 54.2 Å². The summed E-state index contributed by atoms with van der Waals surface area (Å²) in [7, 11) is 0. The zero-order valence-corrected chi connectivity index (χ0v) is 9.92. The van der Waals surface area contributed by atoms with E-state index in [9.17, 15) is 15.0 Å². The Balaban J connectivity index is 2.42. The Bertz CT molecular complexity index is 774. The highest BCUT2D eigenvalue weighted by atomic mass is 16.4. The Labute approximate surface area is 108 Å². The van der Waals surface area contributed by atoms with Gasteiger partial charge in [0.1, 0.15) is 11.4 Å². The lowest BCUT2D eigenvalue weighted by Crippen LogP contribution is -1.98. The van der Waals surface area contributed by atoms with Crippen LogP contribution in [0.3, 0.4) is 0 Å². The average molecular weight is 253 g/mol. The SMILES string of the molecule is O=C(O)c1[nH]c2ccccc2c1-c1ccccc1O. The second kappa shape index (κ2) is 4.17. The molecule has 2 aromatic carbocycles. The lowest BCUT2D eigenvalue weighted by atomic mass is 10.0. The van der Waals surface area contributed by atoms with Gasteiger partial charge in [-0.15, -0.1) is 0 Å². The molecule has 3 aromatic rings. The summed E-state index contributed by atoms with van der Waals surface area (Å²) in [6, 6.07) is 14.0. The van der Waals surface area contributed by atoms with Crippen molar-refractivity contribution in [1.82, 2.24) is 4.98 Å². The van der Waals surface area contributed by atoms with E-state index >= 15 is 0 Å². The molecule has 0 spiro atoms. The smallest absolute Gasteiger partial charge is 0.352 e. The quantitative estimate of drug-likeness (QED) is 0.656. The number of aromatic amines is 1. The summed E-state index contributed by atoms with van der Waals surface area (Å²) in [6.07, 6.45) is 0. The monoisotopic (exact) mass is 253 g/mol. The van der Waals surface area contributed by atoms with Gasteiger partial charge in [0.15, 0.2) is 0 Å². The number of para-hydroxylation sites is 2. The number of nitrogens with one attached hydrogen (secondary N) is 1. The van der Waals surface area contributed by atoms with Crippen molar-refractivity contribution in [2.45, 2.75) is 0 Å². The molecule has 4 nitrogen and oxygen atoms in total.